The molecule has 7 heteroatoms. The van der Waals surface area contributed by atoms with Crippen LogP contribution >= 0.6 is 0 Å². The molecule has 0 saturated heterocycles. The number of hydrogen-bond acceptors (Lipinski definition) is 3. The van der Waals surface area contributed by atoms with Crippen LogP contribution in [0.3, 0.4) is 0 Å². The first-order valence-electron chi connectivity index (χ1n) is 6.30. The van der Waals surface area contributed by atoms with Crippen LogP contribution in [-0.2, 0) is 27.2 Å². The summed E-state index contributed by atoms with van der Waals surface area (Å²) in [5, 5.41) is 2.89. The Morgan fingerprint density at radius 1 is 1.05 bits per heavy atom. The number of benzene rings is 1. The third kappa shape index (κ3) is 3.25. The maximum absolute atomic E-state index is 13.4. The van der Waals surface area contributed by atoms with E-state index in [1.807, 2.05) is 0 Å². The number of nitrogens with zero attached hydrogens (tertiary/aromatic N) is 2. The Bertz CT molecular complexity index is 781. The van der Waals surface area contributed by atoms with Crippen molar-refractivity contribution in [2.75, 3.05) is 0 Å². The lowest BCUT2D eigenvalue weighted by atomic mass is 10.2. The van der Waals surface area contributed by atoms with Gasteiger partial charge in [0, 0.05) is 44.5 Å². The molecular formula is C14H15F2N3O2. The molecule has 0 unspecified atom stereocenters. The molecule has 2 rings (SSSR count). The van der Waals surface area contributed by atoms with Gasteiger partial charge >= 0.3 is 5.69 Å². The summed E-state index contributed by atoms with van der Waals surface area (Å²) in [4.78, 5) is 23.3. The molecule has 112 valence electrons. The zero-order valence-electron chi connectivity index (χ0n) is 11.7. The minimum atomic E-state index is -0.519. The normalized spacial score (nSPS) is 10.9. The predicted molar refractivity (Wildman–Crippen MR) is 73.8 cm³/mol. The molecule has 0 amide bonds. The second-order valence-electron chi connectivity index (χ2n) is 4.71. The van der Waals surface area contributed by atoms with Gasteiger partial charge in [-0.15, -0.1) is 0 Å². The van der Waals surface area contributed by atoms with E-state index >= 15 is 0 Å². The highest BCUT2D eigenvalue weighted by molar-refractivity contribution is 5.18. The Morgan fingerprint density at radius 2 is 1.76 bits per heavy atom. The van der Waals surface area contributed by atoms with Crippen molar-refractivity contribution < 1.29 is 8.78 Å². The first-order valence-corrected chi connectivity index (χ1v) is 6.30. The second kappa shape index (κ2) is 6.01. The summed E-state index contributed by atoms with van der Waals surface area (Å²) in [6.07, 6.45) is 0. The molecule has 0 spiro atoms. The van der Waals surface area contributed by atoms with Crippen LogP contribution < -0.4 is 16.6 Å². The first kappa shape index (κ1) is 15.1. The Hall–Kier alpha value is -2.28. The summed E-state index contributed by atoms with van der Waals surface area (Å²) in [5.74, 6) is -1.03. The lowest BCUT2D eigenvalue weighted by Gasteiger charge is -2.11. The molecule has 5 nitrogen and oxygen atoms in total. The van der Waals surface area contributed by atoms with E-state index < -0.39 is 22.9 Å². The van der Waals surface area contributed by atoms with Crippen molar-refractivity contribution in [3.63, 3.8) is 0 Å². The molecule has 0 atom stereocenters. The molecule has 0 aliphatic rings. The standard InChI is InChI=1S/C14H15F2N3O2/c1-18-11(6-13(20)19(2)14(18)21)8-17-7-9-5-10(15)3-4-12(9)16/h3-6,17H,7-8H2,1-2H3. The molecular weight excluding hydrogens is 280 g/mol. The molecule has 0 bridgehead atoms. The number of halogens is 2. The van der Waals surface area contributed by atoms with Crippen LogP contribution in [0.15, 0.2) is 33.9 Å². The highest BCUT2D eigenvalue weighted by Crippen LogP contribution is 2.09. The summed E-state index contributed by atoms with van der Waals surface area (Å²) in [7, 11) is 2.94. The number of aromatic nitrogens is 2. The van der Waals surface area contributed by atoms with Gasteiger partial charge in [-0.3, -0.25) is 13.9 Å². The summed E-state index contributed by atoms with van der Waals surface area (Å²) >= 11 is 0. The Balaban J connectivity index is 2.13. The average Bonchev–Trinajstić information content (AvgIpc) is 2.45. The fraction of sp³-hybridized carbons (Fsp3) is 0.286. The van der Waals surface area contributed by atoms with Crippen molar-refractivity contribution in [2.24, 2.45) is 14.1 Å². The van der Waals surface area contributed by atoms with Crippen molar-refractivity contribution in [2.45, 2.75) is 13.1 Å². The third-order valence-electron chi connectivity index (χ3n) is 3.25. The van der Waals surface area contributed by atoms with E-state index in [1.165, 1.54) is 17.7 Å². The maximum Gasteiger partial charge on any atom is 0.330 e. The summed E-state index contributed by atoms with van der Waals surface area (Å²) in [6, 6.07) is 4.53. The lowest BCUT2D eigenvalue weighted by Crippen LogP contribution is -2.39. The van der Waals surface area contributed by atoms with E-state index in [-0.39, 0.29) is 18.7 Å². The van der Waals surface area contributed by atoms with Crippen LogP contribution in [-0.4, -0.2) is 9.13 Å². The van der Waals surface area contributed by atoms with E-state index in [1.54, 1.807) is 7.05 Å². The van der Waals surface area contributed by atoms with Crippen LogP contribution in [0, 0.1) is 11.6 Å². The minimum absolute atomic E-state index is 0.0903. The molecule has 1 aromatic heterocycles. The topological polar surface area (TPSA) is 56.0 Å². The molecule has 2 aromatic rings. The summed E-state index contributed by atoms with van der Waals surface area (Å²) < 4.78 is 28.8. The maximum atomic E-state index is 13.4. The molecule has 0 aliphatic heterocycles. The molecule has 0 aliphatic carbocycles. The highest BCUT2D eigenvalue weighted by atomic mass is 19.1. The monoisotopic (exact) mass is 295 g/mol. The predicted octanol–water partition coefficient (Wildman–Crippen LogP) is 0.652. The summed E-state index contributed by atoms with van der Waals surface area (Å²) in [6.45, 7) is 0.283. The number of nitrogens with one attached hydrogen (secondary N) is 1. The first-order chi connectivity index (χ1) is 9.90. The van der Waals surface area contributed by atoms with Crippen molar-refractivity contribution in [3.8, 4) is 0 Å². The van der Waals surface area contributed by atoms with E-state index in [2.05, 4.69) is 5.32 Å². The van der Waals surface area contributed by atoms with Gasteiger partial charge in [-0.25, -0.2) is 13.6 Å². The molecule has 1 aromatic carbocycles. The SMILES string of the molecule is Cn1c(CNCc2cc(F)ccc2F)cc(=O)n(C)c1=O. The number of hydrogen-bond donors (Lipinski definition) is 1. The second-order valence-corrected chi connectivity index (χ2v) is 4.71. The Labute approximate surface area is 119 Å². The Kier molecular flexibility index (Phi) is 4.32. The van der Waals surface area contributed by atoms with E-state index in [0.717, 1.165) is 22.8 Å². The van der Waals surface area contributed by atoms with Gasteiger partial charge in [0.25, 0.3) is 5.56 Å². The van der Waals surface area contributed by atoms with Crippen LogP contribution in [0.2, 0.25) is 0 Å². The Morgan fingerprint density at radius 3 is 2.48 bits per heavy atom. The van der Waals surface area contributed by atoms with Crippen molar-refractivity contribution in [1.82, 2.24) is 14.5 Å². The van der Waals surface area contributed by atoms with Crippen molar-refractivity contribution in [3.05, 3.63) is 68.0 Å². The van der Waals surface area contributed by atoms with Gasteiger partial charge in [0.15, 0.2) is 0 Å². The molecule has 21 heavy (non-hydrogen) atoms. The van der Waals surface area contributed by atoms with Crippen LogP contribution in [0.5, 0.6) is 0 Å². The molecule has 1 N–H and O–H groups in total. The van der Waals surface area contributed by atoms with Gasteiger partial charge in [0.05, 0.1) is 0 Å². The smallest absolute Gasteiger partial charge is 0.307 e. The van der Waals surface area contributed by atoms with E-state index in [4.69, 9.17) is 0 Å². The van der Waals surface area contributed by atoms with E-state index in [0.29, 0.717) is 5.69 Å². The molecule has 0 radical (unpaired) electrons. The number of rotatable bonds is 4. The summed E-state index contributed by atoms with van der Waals surface area (Å²) in [5.41, 5.74) is -0.188. The van der Waals surface area contributed by atoms with Gasteiger partial charge in [0.2, 0.25) is 0 Å². The van der Waals surface area contributed by atoms with Crippen molar-refractivity contribution >= 4 is 0 Å². The highest BCUT2D eigenvalue weighted by Gasteiger charge is 2.07. The van der Waals surface area contributed by atoms with E-state index in [9.17, 15) is 18.4 Å². The zero-order chi connectivity index (χ0) is 15.6. The molecule has 0 saturated carbocycles. The lowest BCUT2D eigenvalue weighted by molar-refractivity contribution is 0.557. The van der Waals surface area contributed by atoms with Gasteiger partial charge in [-0.05, 0) is 18.2 Å². The quantitative estimate of drug-likeness (QED) is 0.901. The zero-order valence-corrected chi connectivity index (χ0v) is 11.7. The average molecular weight is 295 g/mol. The fourth-order valence-corrected chi connectivity index (χ4v) is 1.95. The van der Waals surface area contributed by atoms with Gasteiger partial charge in [-0.2, -0.15) is 0 Å². The third-order valence-corrected chi connectivity index (χ3v) is 3.25. The molecule has 0 fully saturated rings. The molecule has 1 heterocycles. The van der Waals surface area contributed by atoms with Gasteiger partial charge in [-0.1, -0.05) is 0 Å². The van der Waals surface area contributed by atoms with Crippen LogP contribution in [0.1, 0.15) is 11.3 Å². The van der Waals surface area contributed by atoms with Gasteiger partial charge in [0.1, 0.15) is 11.6 Å². The van der Waals surface area contributed by atoms with Crippen LogP contribution in [0.4, 0.5) is 8.78 Å². The van der Waals surface area contributed by atoms with Crippen molar-refractivity contribution in [1.29, 1.82) is 0 Å². The largest absolute Gasteiger partial charge is 0.330 e. The minimum Gasteiger partial charge on any atom is -0.307 e. The fourth-order valence-electron chi connectivity index (χ4n) is 1.95. The van der Waals surface area contributed by atoms with Gasteiger partial charge < -0.3 is 5.32 Å². The van der Waals surface area contributed by atoms with Crippen LogP contribution in [0.25, 0.3) is 0 Å².